The second-order valence-electron chi connectivity index (χ2n) is 6.35. The molecule has 5 rings (SSSR count). The number of methoxy groups -OCH3 is 2. The first-order chi connectivity index (χ1) is 9.00. The maximum absolute atomic E-state index is 12.2. The number of carbonyl (C=O) groups excluding carboxylic acids is 2. The van der Waals surface area contributed by atoms with Gasteiger partial charge in [0.15, 0.2) is 0 Å². The van der Waals surface area contributed by atoms with Gasteiger partial charge >= 0.3 is 12.1 Å². The fraction of sp³-hybridized carbons (Fsp3) is 0.846. The highest BCUT2D eigenvalue weighted by Crippen LogP contribution is 2.79. The Morgan fingerprint density at radius 2 is 2.05 bits per heavy atom. The number of nitrogens with zero attached hydrogens (tertiary/aromatic N) is 1. The molecule has 6 unspecified atom stereocenters. The second-order valence-corrected chi connectivity index (χ2v) is 6.35. The summed E-state index contributed by atoms with van der Waals surface area (Å²) in [4.78, 5) is 25.8. The second kappa shape index (κ2) is 3.06. The summed E-state index contributed by atoms with van der Waals surface area (Å²) < 4.78 is 9.78. The van der Waals surface area contributed by atoms with E-state index in [1.54, 1.807) is 4.90 Å². The summed E-state index contributed by atoms with van der Waals surface area (Å²) in [5.74, 6) is -0.141. The van der Waals surface area contributed by atoms with Gasteiger partial charge in [0.25, 0.3) is 0 Å². The fourth-order valence-electron chi connectivity index (χ4n) is 5.77. The van der Waals surface area contributed by atoms with Gasteiger partial charge in [0.1, 0.15) is 0 Å². The molecule has 6 atom stereocenters. The summed E-state index contributed by atoms with van der Waals surface area (Å²) in [6.07, 6.45) is 0.923. The average molecular weight is 267 g/mol. The number of ether oxygens (including phenoxy) is 2. The lowest BCUT2D eigenvalue weighted by atomic mass is 9.52. The van der Waals surface area contributed by atoms with Crippen LogP contribution in [-0.4, -0.2) is 54.5 Å². The van der Waals surface area contributed by atoms with E-state index in [2.05, 4.69) is 0 Å². The van der Waals surface area contributed by atoms with E-state index >= 15 is 0 Å². The van der Waals surface area contributed by atoms with Gasteiger partial charge in [0.05, 0.1) is 31.3 Å². The Hall–Kier alpha value is -1.30. The number of hydrogen-bond acceptors (Lipinski definition) is 5. The van der Waals surface area contributed by atoms with Crippen molar-refractivity contribution >= 4 is 12.1 Å². The topological polar surface area (TPSA) is 76.1 Å². The zero-order valence-corrected chi connectivity index (χ0v) is 11.0. The Labute approximate surface area is 110 Å². The van der Waals surface area contributed by atoms with Crippen LogP contribution in [0.25, 0.3) is 0 Å². The van der Waals surface area contributed by atoms with Gasteiger partial charge < -0.3 is 19.5 Å². The van der Waals surface area contributed by atoms with E-state index in [1.807, 2.05) is 0 Å². The van der Waals surface area contributed by atoms with E-state index in [9.17, 15) is 14.7 Å². The summed E-state index contributed by atoms with van der Waals surface area (Å²) in [6.45, 7) is 0.583. The summed E-state index contributed by atoms with van der Waals surface area (Å²) >= 11 is 0. The van der Waals surface area contributed by atoms with Crippen molar-refractivity contribution in [1.82, 2.24) is 4.90 Å². The minimum Gasteiger partial charge on any atom is -0.469 e. The smallest absolute Gasteiger partial charge is 0.409 e. The number of amides is 1. The molecule has 6 nitrogen and oxygen atoms in total. The zero-order valence-electron chi connectivity index (χ0n) is 11.0. The first kappa shape index (κ1) is 11.5. The molecule has 5 aliphatic rings. The molecule has 6 heteroatoms. The Morgan fingerprint density at radius 3 is 2.63 bits per heavy atom. The predicted molar refractivity (Wildman–Crippen MR) is 62.0 cm³/mol. The van der Waals surface area contributed by atoms with Crippen LogP contribution in [0.5, 0.6) is 0 Å². The number of aliphatic hydroxyl groups is 1. The summed E-state index contributed by atoms with van der Waals surface area (Å²) in [6, 6.07) is -0.257. The molecule has 0 aromatic carbocycles. The van der Waals surface area contributed by atoms with Gasteiger partial charge in [-0.3, -0.25) is 4.79 Å². The fourth-order valence-corrected chi connectivity index (χ4v) is 5.77. The molecule has 104 valence electrons. The van der Waals surface area contributed by atoms with Crippen LogP contribution in [0.1, 0.15) is 12.8 Å². The normalized spacial score (nSPS) is 52.1. The number of carbonyl (C=O) groups is 2. The monoisotopic (exact) mass is 267 g/mol. The Balaban J connectivity index is 1.80. The van der Waals surface area contributed by atoms with Crippen LogP contribution in [0, 0.1) is 23.2 Å². The molecular formula is C13H17NO5. The molecular weight excluding hydrogens is 250 g/mol. The quantitative estimate of drug-likeness (QED) is 0.677. The van der Waals surface area contributed by atoms with Crippen LogP contribution >= 0.6 is 0 Å². The first-order valence-electron chi connectivity index (χ1n) is 6.66. The highest BCUT2D eigenvalue weighted by molar-refractivity contribution is 5.84. The van der Waals surface area contributed by atoms with E-state index in [4.69, 9.17) is 9.47 Å². The molecule has 0 aromatic heterocycles. The number of piperidine rings is 2. The van der Waals surface area contributed by atoms with Crippen LogP contribution in [0.3, 0.4) is 0 Å². The SMILES string of the molecule is COC(=O)N1CC2CC3C1C1(C(=O)OC)CC3(O)C21. The third-order valence-corrected chi connectivity index (χ3v) is 5.99. The zero-order chi connectivity index (χ0) is 13.6. The maximum Gasteiger partial charge on any atom is 0.409 e. The average Bonchev–Trinajstić information content (AvgIpc) is 2.85. The maximum atomic E-state index is 12.2. The van der Waals surface area contributed by atoms with Crippen molar-refractivity contribution in [2.75, 3.05) is 20.8 Å². The summed E-state index contributed by atoms with van der Waals surface area (Å²) in [5, 5.41) is 10.7. The molecule has 1 N–H and O–H groups in total. The van der Waals surface area contributed by atoms with Crippen LogP contribution in [0.2, 0.25) is 0 Å². The molecule has 3 aliphatic carbocycles. The molecule has 2 saturated heterocycles. The third-order valence-electron chi connectivity index (χ3n) is 5.99. The van der Waals surface area contributed by atoms with Crippen molar-refractivity contribution in [1.29, 1.82) is 0 Å². The number of esters is 1. The van der Waals surface area contributed by atoms with Crippen molar-refractivity contribution in [2.45, 2.75) is 24.5 Å². The van der Waals surface area contributed by atoms with Crippen molar-refractivity contribution in [3.05, 3.63) is 0 Å². The lowest BCUT2D eigenvalue weighted by Crippen LogP contribution is -2.69. The van der Waals surface area contributed by atoms with Gasteiger partial charge in [-0.15, -0.1) is 0 Å². The van der Waals surface area contributed by atoms with Crippen molar-refractivity contribution < 1.29 is 24.2 Å². The molecule has 0 radical (unpaired) electrons. The molecule has 0 aromatic rings. The van der Waals surface area contributed by atoms with E-state index in [0.717, 1.165) is 6.42 Å². The van der Waals surface area contributed by atoms with Crippen LogP contribution in [0.15, 0.2) is 0 Å². The molecule has 6 bridgehead atoms. The van der Waals surface area contributed by atoms with E-state index in [1.165, 1.54) is 14.2 Å². The predicted octanol–water partition coefficient (Wildman–Crippen LogP) is -0.00290. The van der Waals surface area contributed by atoms with Crippen molar-refractivity contribution in [3.8, 4) is 0 Å². The Kier molecular flexibility index (Phi) is 1.85. The molecule has 5 fully saturated rings. The van der Waals surface area contributed by atoms with Gasteiger partial charge in [-0.2, -0.15) is 0 Å². The molecule has 19 heavy (non-hydrogen) atoms. The number of fused-ring (bicyclic) bond motifs is 1. The molecule has 1 amide bonds. The molecule has 3 saturated carbocycles. The molecule has 2 heterocycles. The third kappa shape index (κ3) is 0.918. The van der Waals surface area contributed by atoms with Gasteiger partial charge in [0, 0.05) is 18.4 Å². The lowest BCUT2D eigenvalue weighted by Gasteiger charge is -2.58. The number of hydrogen-bond donors (Lipinski definition) is 1. The van der Waals surface area contributed by atoms with Crippen LogP contribution in [-0.2, 0) is 14.3 Å². The van der Waals surface area contributed by atoms with E-state index in [0.29, 0.717) is 13.0 Å². The minimum absolute atomic E-state index is 0.00514. The number of rotatable bonds is 1. The lowest BCUT2D eigenvalue weighted by molar-refractivity contribution is -0.204. The van der Waals surface area contributed by atoms with Gasteiger partial charge in [-0.05, 0) is 18.8 Å². The van der Waals surface area contributed by atoms with Crippen molar-refractivity contribution in [2.24, 2.45) is 23.2 Å². The van der Waals surface area contributed by atoms with E-state index in [-0.39, 0.29) is 29.8 Å². The highest BCUT2D eigenvalue weighted by Gasteiger charge is 2.89. The van der Waals surface area contributed by atoms with Crippen molar-refractivity contribution in [3.63, 3.8) is 0 Å². The largest absolute Gasteiger partial charge is 0.469 e. The van der Waals surface area contributed by atoms with Gasteiger partial charge in [0.2, 0.25) is 0 Å². The van der Waals surface area contributed by atoms with Gasteiger partial charge in [-0.1, -0.05) is 0 Å². The summed E-state index contributed by atoms with van der Waals surface area (Å²) in [5.41, 5.74) is -1.46. The molecule has 0 spiro atoms. The molecule has 2 aliphatic heterocycles. The Bertz CT molecular complexity index is 493. The van der Waals surface area contributed by atoms with Gasteiger partial charge in [-0.25, -0.2) is 4.79 Å². The van der Waals surface area contributed by atoms with Crippen LogP contribution < -0.4 is 0 Å². The first-order valence-corrected chi connectivity index (χ1v) is 6.66. The highest BCUT2D eigenvalue weighted by atomic mass is 16.5. The Morgan fingerprint density at radius 1 is 1.32 bits per heavy atom. The summed E-state index contributed by atoms with van der Waals surface area (Å²) in [7, 11) is 2.72. The standard InChI is InChI=1S/C13H17NO5/c1-18-10(15)12-5-13(17)7-3-6(8(12)13)4-14(9(7)12)11(16)19-2/h6-9,17H,3-5H2,1-2H3. The van der Waals surface area contributed by atoms with E-state index < -0.39 is 17.1 Å². The minimum atomic E-state index is -0.772. The van der Waals surface area contributed by atoms with Crippen LogP contribution in [0.4, 0.5) is 4.79 Å².